The van der Waals surface area contributed by atoms with Crippen molar-refractivity contribution >= 4 is 23.2 Å². The predicted molar refractivity (Wildman–Crippen MR) is 68.0 cm³/mol. The molecular weight excluding hydrogens is 274 g/mol. The zero-order chi connectivity index (χ0) is 13.8. The number of benzene rings is 1. The lowest BCUT2D eigenvalue weighted by Crippen LogP contribution is -2.48. The predicted octanol–water partition coefficient (Wildman–Crippen LogP) is 1.23. The third-order valence-electron chi connectivity index (χ3n) is 2.69. The highest BCUT2D eigenvalue weighted by Gasteiger charge is 2.21. The molecule has 1 heterocycles. The van der Waals surface area contributed by atoms with Crippen LogP contribution < -0.4 is 5.43 Å². The van der Waals surface area contributed by atoms with Gasteiger partial charge >= 0.3 is 0 Å². The maximum atomic E-state index is 12.0. The van der Waals surface area contributed by atoms with Crippen LogP contribution in [0.25, 0.3) is 0 Å². The van der Waals surface area contributed by atoms with E-state index >= 15 is 0 Å². The van der Waals surface area contributed by atoms with E-state index in [0.29, 0.717) is 26.3 Å². The molecule has 1 N–H and O–H groups in total. The molecule has 0 atom stereocenters. The van der Waals surface area contributed by atoms with Crippen LogP contribution in [0.15, 0.2) is 18.2 Å². The zero-order valence-electron chi connectivity index (χ0n) is 9.97. The van der Waals surface area contributed by atoms with Gasteiger partial charge in [0.05, 0.1) is 23.7 Å². The third kappa shape index (κ3) is 3.19. The molecule has 1 fully saturated rings. The molecule has 0 radical (unpaired) electrons. The number of halogens is 1. The van der Waals surface area contributed by atoms with Gasteiger partial charge in [0.25, 0.3) is 11.6 Å². The van der Waals surface area contributed by atoms with Crippen molar-refractivity contribution < 1.29 is 14.5 Å². The lowest BCUT2D eigenvalue weighted by atomic mass is 10.2. The highest BCUT2D eigenvalue weighted by molar-refractivity contribution is 6.35. The number of carbonyl (C=O) groups is 1. The Morgan fingerprint density at radius 2 is 2.11 bits per heavy atom. The molecule has 0 spiro atoms. The topological polar surface area (TPSA) is 84.7 Å². The SMILES string of the molecule is O=C(NN1CCOCC1)c1cccc([N+](=O)[O-])c1Cl. The second-order valence-electron chi connectivity index (χ2n) is 3.94. The number of nitrogens with one attached hydrogen (secondary N) is 1. The minimum Gasteiger partial charge on any atom is -0.379 e. The summed E-state index contributed by atoms with van der Waals surface area (Å²) in [6, 6.07) is 4.14. The Balaban J connectivity index is 2.14. The van der Waals surface area contributed by atoms with Gasteiger partial charge in [-0.15, -0.1) is 0 Å². The smallest absolute Gasteiger partial charge is 0.288 e. The quantitative estimate of drug-likeness (QED) is 0.667. The van der Waals surface area contributed by atoms with Crippen LogP contribution in [-0.2, 0) is 4.74 Å². The first-order valence-electron chi connectivity index (χ1n) is 5.66. The molecule has 0 saturated carbocycles. The summed E-state index contributed by atoms with van der Waals surface area (Å²) in [5, 5.41) is 12.3. The van der Waals surface area contributed by atoms with Gasteiger partial charge in [-0.25, -0.2) is 5.01 Å². The van der Waals surface area contributed by atoms with E-state index in [-0.39, 0.29) is 16.3 Å². The van der Waals surface area contributed by atoms with Crippen LogP contribution in [0, 0.1) is 10.1 Å². The molecule has 0 aliphatic carbocycles. The Bertz CT molecular complexity index is 503. The first-order valence-corrected chi connectivity index (χ1v) is 6.04. The first kappa shape index (κ1) is 13.7. The molecule has 2 rings (SSSR count). The summed E-state index contributed by atoms with van der Waals surface area (Å²) in [4.78, 5) is 22.1. The van der Waals surface area contributed by atoms with Crippen LogP contribution in [0.4, 0.5) is 5.69 Å². The van der Waals surface area contributed by atoms with E-state index in [2.05, 4.69) is 5.43 Å². The van der Waals surface area contributed by atoms with E-state index in [4.69, 9.17) is 16.3 Å². The van der Waals surface area contributed by atoms with Crippen molar-refractivity contribution in [2.45, 2.75) is 0 Å². The fraction of sp³-hybridized carbons (Fsp3) is 0.364. The van der Waals surface area contributed by atoms with Gasteiger partial charge in [-0.3, -0.25) is 20.3 Å². The van der Waals surface area contributed by atoms with Gasteiger partial charge in [0.1, 0.15) is 5.02 Å². The van der Waals surface area contributed by atoms with Crippen molar-refractivity contribution in [2.75, 3.05) is 26.3 Å². The largest absolute Gasteiger partial charge is 0.379 e. The number of carbonyl (C=O) groups excluding carboxylic acids is 1. The minimum atomic E-state index is -0.617. The Hall–Kier alpha value is -1.70. The molecule has 0 bridgehead atoms. The third-order valence-corrected chi connectivity index (χ3v) is 3.09. The fourth-order valence-corrected chi connectivity index (χ4v) is 2.00. The van der Waals surface area contributed by atoms with Gasteiger partial charge in [0, 0.05) is 19.2 Å². The molecule has 7 nitrogen and oxygen atoms in total. The average Bonchev–Trinajstić information content (AvgIpc) is 2.39. The number of hydrogen-bond acceptors (Lipinski definition) is 5. The summed E-state index contributed by atoms with van der Waals surface area (Å²) in [5.41, 5.74) is 2.45. The molecule has 1 aliphatic heterocycles. The number of amides is 1. The van der Waals surface area contributed by atoms with Gasteiger partial charge in [-0.1, -0.05) is 17.7 Å². The molecule has 1 aliphatic rings. The Kier molecular flexibility index (Phi) is 4.31. The van der Waals surface area contributed by atoms with Gasteiger partial charge in [0.15, 0.2) is 0 Å². The monoisotopic (exact) mass is 285 g/mol. The average molecular weight is 286 g/mol. The van der Waals surface area contributed by atoms with Crippen molar-refractivity contribution in [1.82, 2.24) is 10.4 Å². The summed E-state index contributed by atoms with van der Waals surface area (Å²) in [7, 11) is 0. The first-order chi connectivity index (χ1) is 9.09. The summed E-state index contributed by atoms with van der Waals surface area (Å²) in [6.45, 7) is 2.20. The van der Waals surface area contributed by atoms with Gasteiger partial charge in [-0.05, 0) is 6.07 Å². The minimum absolute atomic E-state index is 0.0855. The van der Waals surface area contributed by atoms with E-state index < -0.39 is 10.8 Å². The molecule has 8 heteroatoms. The van der Waals surface area contributed by atoms with E-state index in [9.17, 15) is 14.9 Å². The van der Waals surface area contributed by atoms with Crippen molar-refractivity contribution in [3.63, 3.8) is 0 Å². The van der Waals surface area contributed by atoms with E-state index in [1.165, 1.54) is 18.2 Å². The maximum Gasteiger partial charge on any atom is 0.288 e. The highest BCUT2D eigenvalue weighted by Crippen LogP contribution is 2.27. The summed E-state index contributed by atoms with van der Waals surface area (Å²) in [6.07, 6.45) is 0. The number of nitro benzene ring substituents is 1. The Morgan fingerprint density at radius 3 is 2.74 bits per heavy atom. The lowest BCUT2D eigenvalue weighted by Gasteiger charge is -2.27. The van der Waals surface area contributed by atoms with Crippen LogP contribution in [0.1, 0.15) is 10.4 Å². The van der Waals surface area contributed by atoms with Crippen molar-refractivity contribution in [2.24, 2.45) is 0 Å². The molecule has 1 aromatic carbocycles. The van der Waals surface area contributed by atoms with E-state index in [1.807, 2.05) is 0 Å². The lowest BCUT2D eigenvalue weighted by molar-refractivity contribution is -0.384. The number of nitro groups is 1. The molecule has 1 aromatic rings. The number of rotatable bonds is 3. The molecule has 19 heavy (non-hydrogen) atoms. The second kappa shape index (κ2) is 5.96. The van der Waals surface area contributed by atoms with Gasteiger partial charge in [0.2, 0.25) is 0 Å². The van der Waals surface area contributed by atoms with Crippen molar-refractivity contribution in [1.29, 1.82) is 0 Å². The molecule has 1 amide bonds. The second-order valence-corrected chi connectivity index (χ2v) is 4.31. The summed E-state index contributed by atoms with van der Waals surface area (Å²) >= 11 is 5.87. The van der Waals surface area contributed by atoms with Crippen molar-refractivity contribution in [3.05, 3.63) is 38.9 Å². The number of nitrogens with zero attached hydrogens (tertiary/aromatic N) is 2. The molecule has 1 saturated heterocycles. The maximum absolute atomic E-state index is 12.0. The van der Waals surface area contributed by atoms with Crippen LogP contribution in [-0.4, -0.2) is 42.1 Å². The fourth-order valence-electron chi connectivity index (χ4n) is 1.72. The van der Waals surface area contributed by atoms with E-state index in [0.717, 1.165) is 0 Å². The Morgan fingerprint density at radius 1 is 1.42 bits per heavy atom. The number of hydrazine groups is 1. The van der Waals surface area contributed by atoms with Crippen LogP contribution >= 0.6 is 11.6 Å². The summed E-state index contributed by atoms with van der Waals surface area (Å²) < 4.78 is 5.15. The Labute approximate surface area is 114 Å². The number of morpholine rings is 1. The number of ether oxygens (including phenoxy) is 1. The molecular formula is C11H12ClN3O4. The molecule has 0 unspecified atom stereocenters. The van der Waals surface area contributed by atoms with Gasteiger partial charge in [-0.2, -0.15) is 0 Å². The van der Waals surface area contributed by atoms with Gasteiger partial charge < -0.3 is 4.74 Å². The standard InChI is InChI=1S/C11H12ClN3O4/c12-10-8(2-1-3-9(10)15(17)18)11(16)13-14-4-6-19-7-5-14/h1-3H,4-7H2,(H,13,16). The molecule has 102 valence electrons. The zero-order valence-corrected chi connectivity index (χ0v) is 10.7. The van der Waals surface area contributed by atoms with E-state index in [1.54, 1.807) is 5.01 Å². The number of hydrogen-bond donors (Lipinski definition) is 1. The van der Waals surface area contributed by atoms with Crippen LogP contribution in [0.3, 0.4) is 0 Å². The van der Waals surface area contributed by atoms with Crippen LogP contribution in [0.5, 0.6) is 0 Å². The van der Waals surface area contributed by atoms with Crippen LogP contribution in [0.2, 0.25) is 5.02 Å². The molecule has 0 aromatic heterocycles. The highest BCUT2D eigenvalue weighted by atomic mass is 35.5. The van der Waals surface area contributed by atoms with Crippen molar-refractivity contribution in [3.8, 4) is 0 Å². The normalized spacial score (nSPS) is 16.1. The summed E-state index contributed by atoms with van der Waals surface area (Å²) in [5.74, 6) is -0.462.